The second kappa shape index (κ2) is 11.4. The van der Waals surface area contributed by atoms with Crippen molar-refractivity contribution >= 4 is 47.2 Å². The van der Waals surface area contributed by atoms with Crippen LogP contribution in [0.3, 0.4) is 0 Å². The molecule has 0 bridgehead atoms. The summed E-state index contributed by atoms with van der Waals surface area (Å²) >= 11 is 1.70. The molecule has 0 radical (unpaired) electrons. The minimum atomic E-state index is 0. The average Bonchev–Trinajstić information content (AvgIpc) is 3.17. The van der Waals surface area contributed by atoms with Crippen molar-refractivity contribution in [3.05, 3.63) is 51.5 Å². The highest BCUT2D eigenvalue weighted by atomic mass is 127. The second-order valence-electron chi connectivity index (χ2n) is 6.46. The van der Waals surface area contributed by atoms with Crippen LogP contribution >= 0.6 is 35.3 Å². The number of guanidine groups is 1. The molecular formula is C20H28IN5OS. The van der Waals surface area contributed by atoms with E-state index in [9.17, 15) is 4.79 Å². The predicted molar refractivity (Wildman–Crippen MR) is 125 cm³/mol. The smallest absolute Gasteiger partial charge is 0.244 e. The largest absolute Gasteiger partial charge is 0.357 e. The Bertz CT molecular complexity index is 807. The van der Waals surface area contributed by atoms with Crippen LogP contribution in [0.2, 0.25) is 0 Å². The number of carbonyl (C=O) groups excluding carboxylic acids is 1. The Hall–Kier alpha value is -1.68. The molecule has 0 spiro atoms. The van der Waals surface area contributed by atoms with E-state index in [1.54, 1.807) is 11.3 Å². The van der Waals surface area contributed by atoms with Crippen molar-refractivity contribution < 1.29 is 4.79 Å². The summed E-state index contributed by atoms with van der Waals surface area (Å²) in [5.74, 6) is 0.709. The molecule has 3 rings (SSSR count). The summed E-state index contributed by atoms with van der Waals surface area (Å²) in [6, 6.07) is 8.33. The summed E-state index contributed by atoms with van der Waals surface area (Å²) in [6.45, 7) is 7.08. The molecule has 152 valence electrons. The van der Waals surface area contributed by atoms with E-state index in [1.165, 1.54) is 16.0 Å². The maximum Gasteiger partial charge on any atom is 0.244 e. The molecule has 1 aliphatic rings. The van der Waals surface area contributed by atoms with Crippen LogP contribution in [0.1, 0.15) is 34.9 Å². The first-order chi connectivity index (χ1) is 13.2. The van der Waals surface area contributed by atoms with E-state index >= 15 is 0 Å². The molecule has 0 unspecified atom stereocenters. The van der Waals surface area contributed by atoms with Crippen molar-refractivity contribution in [2.24, 2.45) is 4.99 Å². The van der Waals surface area contributed by atoms with Crippen molar-refractivity contribution in [2.75, 3.05) is 19.6 Å². The zero-order valence-corrected chi connectivity index (χ0v) is 19.5. The predicted octanol–water partition coefficient (Wildman–Crippen LogP) is 2.96. The van der Waals surface area contributed by atoms with Crippen LogP contribution < -0.4 is 10.6 Å². The molecule has 0 fully saturated rings. The van der Waals surface area contributed by atoms with E-state index in [-0.39, 0.29) is 36.4 Å². The fraction of sp³-hybridized carbons (Fsp3) is 0.450. The minimum Gasteiger partial charge on any atom is -0.357 e. The monoisotopic (exact) mass is 513 g/mol. The van der Waals surface area contributed by atoms with Crippen molar-refractivity contribution in [1.82, 2.24) is 20.5 Å². The summed E-state index contributed by atoms with van der Waals surface area (Å²) in [7, 11) is 0. The summed E-state index contributed by atoms with van der Waals surface area (Å²) in [4.78, 5) is 24.6. The molecule has 0 aliphatic carbocycles. The Morgan fingerprint density at radius 3 is 2.75 bits per heavy atom. The molecule has 1 aromatic carbocycles. The van der Waals surface area contributed by atoms with Gasteiger partial charge in [-0.05, 0) is 30.9 Å². The van der Waals surface area contributed by atoms with Gasteiger partial charge in [-0.15, -0.1) is 35.3 Å². The number of nitrogens with one attached hydrogen (secondary N) is 2. The van der Waals surface area contributed by atoms with Crippen LogP contribution in [0.15, 0.2) is 35.5 Å². The molecule has 6 nitrogen and oxygen atoms in total. The van der Waals surface area contributed by atoms with Crippen molar-refractivity contribution in [2.45, 2.75) is 39.8 Å². The first-order valence-electron chi connectivity index (χ1n) is 9.50. The highest BCUT2D eigenvalue weighted by molar-refractivity contribution is 14.0. The Labute approximate surface area is 187 Å². The topological polar surface area (TPSA) is 69.6 Å². The first kappa shape index (κ1) is 22.6. The number of hydrogen-bond donors (Lipinski definition) is 2. The van der Waals surface area contributed by atoms with E-state index in [0.717, 1.165) is 30.9 Å². The molecule has 2 N–H and O–H groups in total. The van der Waals surface area contributed by atoms with Gasteiger partial charge in [-0.25, -0.2) is 9.98 Å². The minimum absolute atomic E-state index is 0. The van der Waals surface area contributed by atoms with Gasteiger partial charge in [0.25, 0.3) is 0 Å². The van der Waals surface area contributed by atoms with E-state index in [0.29, 0.717) is 19.0 Å². The summed E-state index contributed by atoms with van der Waals surface area (Å²) < 4.78 is 0. The number of fused-ring (bicyclic) bond motifs is 1. The molecule has 8 heteroatoms. The fourth-order valence-corrected chi connectivity index (χ4v) is 3.85. The maximum atomic E-state index is 12.6. The van der Waals surface area contributed by atoms with Gasteiger partial charge in [-0.3, -0.25) is 4.79 Å². The van der Waals surface area contributed by atoms with E-state index in [4.69, 9.17) is 0 Å². The summed E-state index contributed by atoms with van der Waals surface area (Å²) in [5.41, 5.74) is 2.58. The number of rotatable bonds is 6. The Morgan fingerprint density at radius 1 is 1.25 bits per heavy atom. The van der Waals surface area contributed by atoms with Gasteiger partial charge in [0.1, 0.15) is 11.6 Å². The summed E-state index contributed by atoms with van der Waals surface area (Å²) in [6.07, 6.45) is 3.83. The highest BCUT2D eigenvalue weighted by Gasteiger charge is 2.20. The quantitative estimate of drug-likeness (QED) is 0.354. The molecule has 1 aliphatic heterocycles. The molecule has 0 saturated heterocycles. The van der Waals surface area contributed by atoms with Crippen LogP contribution in [0.25, 0.3) is 0 Å². The lowest BCUT2D eigenvalue weighted by Gasteiger charge is -2.28. The van der Waals surface area contributed by atoms with Crippen LogP contribution in [0.5, 0.6) is 0 Å². The van der Waals surface area contributed by atoms with Crippen molar-refractivity contribution in [3.63, 3.8) is 0 Å². The van der Waals surface area contributed by atoms with Crippen molar-refractivity contribution in [3.8, 4) is 0 Å². The van der Waals surface area contributed by atoms with Gasteiger partial charge in [0.15, 0.2) is 5.96 Å². The number of amides is 1. The van der Waals surface area contributed by atoms with Crippen LogP contribution in [-0.2, 0) is 30.7 Å². The van der Waals surface area contributed by atoms with Gasteiger partial charge in [0, 0.05) is 30.7 Å². The molecule has 28 heavy (non-hydrogen) atoms. The number of carbonyl (C=O) groups is 1. The van der Waals surface area contributed by atoms with Gasteiger partial charge in [0.2, 0.25) is 5.91 Å². The summed E-state index contributed by atoms with van der Waals surface area (Å²) in [5, 5.41) is 7.48. The number of thiazole rings is 1. The molecule has 2 aromatic rings. The Kier molecular flexibility index (Phi) is 9.17. The first-order valence-corrected chi connectivity index (χ1v) is 10.3. The molecule has 1 aromatic heterocycles. The normalized spacial score (nSPS) is 13.5. The third-order valence-corrected chi connectivity index (χ3v) is 5.70. The molecular weight excluding hydrogens is 485 g/mol. The van der Waals surface area contributed by atoms with Crippen LogP contribution in [0.4, 0.5) is 0 Å². The van der Waals surface area contributed by atoms with Crippen LogP contribution in [0, 0.1) is 0 Å². The number of aliphatic imine (C=N–C) groups is 1. The number of halogens is 1. The molecule has 2 heterocycles. The van der Waals surface area contributed by atoms with Crippen LogP contribution in [-0.4, -0.2) is 41.4 Å². The third-order valence-electron chi connectivity index (χ3n) is 4.56. The van der Waals surface area contributed by atoms with Gasteiger partial charge < -0.3 is 15.5 Å². The van der Waals surface area contributed by atoms with Gasteiger partial charge in [-0.1, -0.05) is 31.2 Å². The third kappa shape index (κ3) is 6.16. The Balaban J connectivity index is 0.00000280. The number of aromatic nitrogens is 1. The number of aryl methyl sites for hydroxylation is 1. The van der Waals surface area contributed by atoms with Gasteiger partial charge >= 0.3 is 0 Å². The fourth-order valence-electron chi connectivity index (χ4n) is 3.05. The standard InChI is InChI=1S/C20H27N5OS.HI/c1-3-17-11-22-18(27-17)12-23-20(21-4-2)24-13-19(26)25-10-9-15-7-5-6-8-16(15)14-25;/h5-8,11H,3-4,9-10,12-14H2,1-2H3,(H2,21,23,24);1H. The lowest BCUT2D eigenvalue weighted by atomic mass is 10.00. The van der Waals surface area contributed by atoms with E-state index in [1.807, 2.05) is 24.1 Å². The SMILES string of the molecule is CCNC(=NCC(=O)N1CCc2ccccc2C1)NCc1ncc(CC)s1.I. The Morgan fingerprint density at radius 2 is 2.04 bits per heavy atom. The van der Waals surface area contributed by atoms with Gasteiger partial charge in [-0.2, -0.15) is 0 Å². The van der Waals surface area contributed by atoms with Crippen molar-refractivity contribution in [1.29, 1.82) is 0 Å². The lowest BCUT2D eigenvalue weighted by Crippen LogP contribution is -2.40. The average molecular weight is 513 g/mol. The lowest BCUT2D eigenvalue weighted by molar-refractivity contribution is -0.130. The number of benzene rings is 1. The zero-order valence-electron chi connectivity index (χ0n) is 16.4. The van der Waals surface area contributed by atoms with Gasteiger partial charge in [0.05, 0.1) is 6.54 Å². The molecule has 0 atom stereocenters. The zero-order chi connectivity index (χ0) is 19.1. The number of hydrogen-bond acceptors (Lipinski definition) is 4. The number of nitrogens with zero attached hydrogens (tertiary/aromatic N) is 3. The van der Waals surface area contributed by atoms with E-state index in [2.05, 4.69) is 45.7 Å². The molecule has 1 amide bonds. The highest BCUT2D eigenvalue weighted by Crippen LogP contribution is 2.18. The van der Waals surface area contributed by atoms with E-state index < -0.39 is 0 Å². The molecule has 0 saturated carbocycles. The second-order valence-corrected chi connectivity index (χ2v) is 7.66. The maximum absolute atomic E-state index is 12.6.